The van der Waals surface area contributed by atoms with E-state index in [2.05, 4.69) is 37.5 Å². The van der Waals surface area contributed by atoms with Crippen molar-refractivity contribution in [2.24, 2.45) is 14.1 Å². The van der Waals surface area contributed by atoms with Crippen molar-refractivity contribution in [1.29, 1.82) is 10.5 Å². The van der Waals surface area contributed by atoms with E-state index in [1.165, 1.54) is 65.3 Å². The van der Waals surface area contributed by atoms with E-state index in [0.29, 0.717) is 30.4 Å². The zero-order valence-electron chi connectivity index (χ0n) is 37.9. The van der Waals surface area contributed by atoms with Gasteiger partial charge in [-0.1, -0.05) is 71.9 Å². The molecule has 8 rings (SSSR count). The number of hydrogen-bond acceptors (Lipinski definition) is 13. The summed E-state index contributed by atoms with van der Waals surface area (Å²) in [7, 11) is 3.46. The molecule has 0 spiro atoms. The van der Waals surface area contributed by atoms with E-state index in [4.69, 9.17) is 75.2 Å². The van der Waals surface area contributed by atoms with Gasteiger partial charge in [-0.2, -0.15) is 20.7 Å². The summed E-state index contributed by atoms with van der Waals surface area (Å²) < 4.78 is 56.6. The summed E-state index contributed by atoms with van der Waals surface area (Å²) in [6.07, 6.45) is 1.80. The Morgan fingerprint density at radius 2 is 1.14 bits per heavy atom. The molecule has 22 heteroatoms. The maximum Gasteiger partial charge on any atom is 0.274 e. The van der Waals surface area contributed by atoms with Crippen molar-refractivity contribution >= 4 is 52.3 Å². The van der Waals surface area contributed by atoms with Crippen LogP contribution in [0.15, 0.2) is 81.6 Å². The molecule has 0 aliphatic heterocycles. The van der Waals surface area contributed by atoms with Gasteiger partial charge in [0.05, 0.1) is 51.8 Å². The van der Waals surface area contributed by atoms with Crippen molar-refractivity contribution < 1.29 is 31.9 Å². The summed E-state index contributed by atoms with van der Waals surface area (Å²) >= 11 is 24.4. The van der Waals surface area contributed by atoms with Crippen molar-refractivity contribution in [2.45, 2.75) is 46.5 Å². The van der Waals surface area contributed by atoms with Gasteiger partial charge in [0.15, 0.2) is 28.8 Å². The molecule has 0 radical (unpaired) electrons. The second-order valence-corrected chi connectivity index (χ2v) is 16.9. The summed E-state index contributed by atoms with van der Waals surface area (Å²) in [4.78, 5) is 14.3. The number of ether oxygens (including phenoxy) is 2. The molecule has 70 heavy (non-hydrogen) atoms. The van der Waals surface area contributed by atoms with Crippen LogP contribution in [0.3, 0.4) is 0 Å². The average Bonchev–Trinajstić information content (AvgIpc) is 4.16. The minimum atomic E-state index is -0.724. The van der Waals surface area contributed by atoms with Crippen LogP contribution in [0.5, 0.6) is 23.0 Å². The number of halogens is 6. The molecule has 4 aromatic carbocycles. The fourth-order valence-electron chi connectivity index (χ4n) is 6.95. The Morgan fingerprint density at radius 3 is 1.60 bits per heavy atom. The third-order valence-electron chi connectivity index (χ3n) is 10.3. The van der Waals surface area contributed by atoms with Crippen molar-refractivity contribution in [3.63, 3.8) is 0 Å². The van der Waals surface area contributed by atoms with Gasteiger partial charge in [-0.05, 0) is 74.9 Å². The summed E-state index contributed by atoms with van der Waals surface area (Å²) in [5.41, 5.74) is 3.30. The molecule has 0 fully saturated rings. The van der Waals surface area contributed by atoms with Crippen molar-refractivity contribution in [3.8, 4) is 58.3 Å². The Hall–Kier alpha value is -7.35. The van der Waals surface area contributed by atoms with Crippen molar-refractivity contribution in [3.05, 3.63) is 150 Å². The molecule has 0 aliphatic rings. The molecule has 8 aromatic rings. The molecule has 0 atom stereocenters. The first-order valence-electron chi connectivity index (χ1n) is 21.3. The van der Waals surface area contributed by atoms with Gasteiger partial charge < -0.3 is 23.2 Å². The standard InChI is InChI=1S/C25H21Cl2FN6O3.C23H18Cl2FN5O2/c1-4-34(5-2)25(35)19-12-20(33(3)32-19)24-31-30-21(37-24)10-15-6-7-18(27)23(22(15)28)36-17-9-14(13-29)8-16(26)11-17;1-3-4-16-11-19(31(2)30-16)23-29-28-20(33-23)9-14-5-6-18(25)22(21(14)26)32-17-8-13(12-27)7-15(24)10-17/h6-9,11-12H,4-5,10H2,1-3H3;5-8,10-11H,3-4,9H2,1-2H3. The predicted molar refractivity (Wildman–Crippen MR) is 255 cm³/mol. The number of amides is 1. The maximum absolute atomic E-state index is 15.4. The quantitative estimate of drug-likeness (QED) is 0.0940. The van der Waals surface area contributed by atoms with E-state index in [0.717, 1.165) is 18.5 Å². The molecule has 358 valence electrons. The first kappa shape index (κ1) is 50.5. The zero-order valence-corrected chi connectivity index (χ0v) is 40.9. The van der Waals surface area contributed by atoms with Gasteiger partial charge in [0.25, 0.3) is 17.7 Å². The van der Waals surface area contributed by atoms with Gasteiger partial charge in [-0.15, -0.1) is 20.4 Å². The van der Waals surface area contributed by atoms with E-state index in [9.17, 15) is 4.79 Å². The molecule has 0 N–H and O–H groups in total. The molecule has 0 saturated heterocycles. The second kappa shape index (κ2) is 22.4. The Morgan fingerprint density at radius 1 is 0.671 bits per heavy atom. The molecule has 0 aliphatic carbocycles. The van der Waals surface area contributed by atoms with Crippen LogP contribution in [-0.4, -0.2) is 63.9 Å². The number of nitriles is 2. The first-order valence-corrected chi connectivity index (χ1v) is 22.8. The van der Waals surface area contributed by atoms with Gasteiger partial charge >= 0.3 is 0 Å². The van der Waals surface area contributed by atoms with Gasteiger partial charge in [-0.3, -0.25) is 14.2 Å². The highest BCUT2D eigenvalue weighted by molar-refractivity contribution is 6.32. The lowest BCUT2D eigenvalue weighted by atomic mass is 10.1. The number of nitrogens with zero attached hydrogens (tertiary/aromatic N) is 11. The van der Waals surface area contributed by atoms with E-state index < -0.39 is 11.6 Å². The van der Waals surface area contributed by atoms with Crippen LogP contribution in [0.4, 0.5) is 8.78 Å². The summed E-state index contributed by atoms with van der Waals surface area (Å²) in [6, 6.07) is 22.1. The molecule has 1 amide bonds. The van der Waals surface area contributed by atoms with E-state index in [1.807, 2.05) is 32.1 Å². The molecular formula is C48H39Cl4F2N11O5. The lowest BCUT2D eigenvalue weighted by molar-refractivity contribution is 0.0766. The maximum atomic E-state index is 15.4. The molecule has 0 unspecified atom stereocenters. The third-order valence-corrected chi connectivity index (χ3v) is 11.4. The van der Waals surface area contributed by atoms with Crippen LogP contribution >= 0.6 is 46.4 Å². The fourth-order valence-corrected chi connectivity index (χ4v) is 7.77. The number of hydrogen-bond donors (Lipinski definition) is 0. The van der Waals surface area contributed by atoms with E-state index in [-0.39, 0.29) is 107 Å². The largest absolute Gasteiger partial charge is 0.453 e. The normalized spacial score (nSPS) is 10.9. The van der Waals surface area contributed by atoms with Crippen LogP contribution in [0.1, 0.15) is 77.4 Å². The minimum absolute atomic E-state index is 0.0328. The highest BCUT2D eigenvalue weighted by atomic mass is 35.5. The van der Waals surface area contributed by atoms with Crippen LogP contribution in [0.2, 0.25) is 20.1 Å². The van der Waals surface area contributed by atoms with Gasteiger partial charge in [-0.25, -0.2) is 8.78 Å². The third kappa shape index (κ3) is 11.7. The Kier molecular flexibility index (Phi) is 16.2. The molecule has 4 heterocycles. The lowest BCUT2D eigenvalue weighted by Crippen LogP contribution is -2.30. The average molecular weight is 1030 g/mol. The van der Waals surface area contributed by atoms with Crippen molar-refractivity contribution in [1.82, 2.24) is 44.9 Å². The monoisotopic (exact) mass is 1030 g/mol. The van der Waals surface area contributed by atoms with E-state index in [1.54, 1.807) is 29.7 Å². The fraction of sp³-hybridized carbons (Fsp3) is 0.229. The number of rotatable bonds is 15. The molecule has 16 nitrogen and oxygen atoms in total. The van der Waals surface area contributed by atoms with Gasteiger partial charge in [0, 0.05) is 54.4 Å². The number of aromatic nitrogens is 8. The Balaban J connectivity index is 0.000000208. The Labute approximate surface area is 419 Å². The van der Waals surface area contributed by atoms with Crippen LogP contribution in [0.25, 0.3) is 23.2 Å². The predicted octanol–water partition coefficient (Wildman–Crippen LogP) is 11.8. The number of aryl methyl sites for hydroxylation is 3. The summed E-state index contributed by atoms with van der Waals surface area (Å²) in [5.74, 6) is -0.862. The molecule has 0 bridgehead atoms. The molecular weight excluding hydrogens is 990 g/mol. The molecule has 4 aromatic heterocycles. The number of carbonyl (C=O) groups excluding carboxylic acids is 1. The SMILES string of the molecule is CCCc1cc(-c2nnc(Cc3ccc(Cl)c(Oc4cc(Cl)cc(C#N)c4)c3F)o2)n(C)n1.CCN(CC)C(=O)c1cc(-c2nnc(Cc3ccc(Cl)c(Oc4cc(Cl)cc(C#N)c4)c3F)o2)n(C)n1. The molecule has 0 saturated carbocycles. The van der Waals surface area contributed by atoms with Gasteiger partial charge in [0.2, 0.25) is 11.8 Å². The summed E-state index contributed by atoms with van der Waals surface area (Å²) in [6.45, 7) is 6.97. The topological polar surface area (TPSA) is 200 Å². The van der Waals surface area contributed by atoms with E-state index >= 15 is 8.78 Å². The van der Waals surface area contributed by atoms with Crippen LogP contribution in [0, 0.1) is 34.3 Å². The van der Waals surface area contributed by atoms with Crippen LogP contribution < -0.4 is 9.47 Å². The highest BCUT2D eigenvalue weighted by Crippen LogP contribution is 2.38. The lowest BCUT2D eigenvalue weighted by Gasteiger charge is -2.16. The minimum Gasteiger partial charge on any atom is -0.453 e. The number of carbonyl (C=O) groups is 1. The highest BCUT2D eigenvalue weighted by Gasteiger charge is 2.24. The zero-order chi connectivity index (χ0) is 50.2. The van der Waals surface area contributed by atoms with Crippen LogP contribution in [-0.2, 0) is 33.4 Å². The first-order chi connectivity index (χ1) is 33.6. The number of benzene rings is 4. The van der Waals surface area contributed by atoms with Gasteiger partial charge in [0.1, 0.15) is 22.9 Å². The Bertz CT molecular complexity index is 3300. The second-order valence-electron chi connectivity index (χ2n) is 15.2. The summed E-state index contributed by atoms with van der Waals surface area (Å²) in [5, 5.41) is 43.8. The smallest absolute Gasteiger partial charge is 0.274 e. The van der Waals surface area contributed by atoms with Crippen molar-refractivity contribution in [2.75, 3.05) is 13.1 Å².